The number of anilines is 1. The van der Waals surface area contributed by atoms with Gasteiger partial charge in [0, 0.05) is 24.4 Å². The minimum absolute atomic E-state index is 0.0155. The van der Waals surface area contributed by atoms with Crippen LogP contribution in [-0.4, -0.2) is 30.0 Å². The quantitative estimate of drug-likeness (QED) is 0.646. The van der Waals surface area contributed by atoms with E-state index in [4.69, 9.17) is 16.7 Å². The second kappa shape index (κ2) is 6.10. The molecular weight excluding hydrogens is 278 g/mol. The van der Waals surface area contributed by atoms with Crippen LogP contribution in [-0.2, 0) is 0 Å². The number of ether oxygens (including phenoxy) is 1. The first-order valence-corrected chi connectivity index (χ1v) is 5.38. The first-order chi connectivity index (χ1) is 8.30. The van der Waals surface area contributed by atoms with Crippen LogP contribution in [0.5, 0.6) is 5.75 Å². The minimum atomic E-state index is -4.89. The van der Waals surface area contributed by atoms with E-state index in [2.05, 4.69) is 10.1 Å². The van der Waals surface area contributed by atoms with Crippen molar-refractivity contribution >= 4 is 17.3 Å². The highest BCUT2D eigenvalue weighted by atomic mass is 35.5. The summed E-state index contributed by atoms with van der Waals surface area (Å²) >= 11 is 5.33. The lowest BCUT2D eigenvalue weighted by Gasteiger charge is -2.13. The van der Waals surface area contributed by atoms with Crippen LogP contribution in [0.3, 0.4) is 0 Å². The highest BCUT2D eigenvalue weighted by Gasteiger charge is 2.31. The zero-order valence-corrected chi connectivity index (χ0v) is 9.72. The first-order valence-electron chi connectivity index (χ1n) is 4.84. The summed E-state index contributed by atoms with van der Waals surface area (Å²) < 4.78 is 52.5. The second-order valence-corrected chi connectivity index (χ2v) is 3.72. The molecule has 1 aromatic rings. The number of hydrogen-bond acceptors (Lipinski definition) is 3. The molecule has 0 saturated heterocycles. The summed E-state index contributed by atoms with van der Waals surface area (Å²) in [6.07, 6.45) is -5.78. The molecule has 1 unspecified atom stereocenters. The van der Waals surface area contributed by atoms with Crippen molar-refractivity contribution in [2.75, 3.05) is 17.7 Å². The van der Waals surface area contributed by atoms with E-state index < -0.39 is 24.0 Å². The summed E-state index contributed by atoms with van der Waals surface area (Å²) in [5.74, 6) is -1.61. The zero-order valence-electron chi connectivity index (χ0n) is 8.97. The van der Waals surface area contributed by atoms with Gasteiger partial charge in [0.2, 0.25) is 0 Å². The normalized spacial score (nSPS) is 13.2. The Balaban J connectivity index is 2.74. The molecule has 0 aliphatic carbocycles. The third-order valence-electron chi connectivity index (χ3n) is 1.82. The van der Waals surface area contributed by atoms with E-state index in [9.17, 15) is 17.6 Å². The molecule has 1 atom stereocenters. The third-order valence-corrected chi connectivity index (χ3v) is 2.18. The van der Waals surface area contributed by atoms with E-state index in [1.165, 1.54) is 0 Å². The Morgan fingerprint density at radius 2 is 2.00 bits per heavy atom. The highest BCUT2D eigenvalue weighted by molar-refractivity contribution is 6.18. The predicted molar refractivity (Wildman–Crippen MR) is 58.3 cm³/mol. The van der Waals surface area contributed by atoms with E-state index in [-0.39, 0.29) is 18.1 Å². The van der Waals surface area contributed by atoms with Crippen molar-refractivity contribution in [3.05, 3.63) is 24.0 Å². The van der Waals surface area contributed by atoms with Gasteiger partial charge in [0.25, 0.3) is 0 Å². The number of aliphatic hydroxyl groups is 1. The molecule has 102 valence electrons. The zero-order chi connectivity index (χ0) is 13.8. The second-order valence-electron chi connectivity index (χ2n) is 3.41. The Bertz CT molecular complexity index is 400. The largest absolute Gasteiger partial charge is 0.573 e. The van der Waals surface area contributed by atoms with Gasteiger partial charge < -0.3 is 15.2 Å². The van der Waals surface area contributed by atoms with Crippen LogP contribution in [0, 0.1) is 5.82 Å². The number of hydrogen-bond donors (Lipinski definition) is 2. The van der Waals surface area contributed by atoms with Gasteiger partial charge in [0.1, 0.15) is 11.6 Å². The average molecular weight is 288 g/mol. The molecule has 0 aromatic heterocycles. The molecule has 0 radical (unpaired) electrons. The molecular formula is C10H10ClF4NO2. The fourth-order valence-electron chi connectivity index (χ4n) is 1.15. The molecule has 0 fully saturated rings. The van der Waals surface area contributed by atoms with Crippen LogP contribution >= 0.6 is 11.6 Å². The van der Waals surface area contributed by atoms with Crippen molar-refractivity contribution in [2.24, 2.45) is 0 Å². The van der Waals surface area contributed by atoms with Crippen molar-refractivity contribution in [1.29, 1.82) is 0 Å². The van der Waals surface area contributed by atoms with Crippen LogP contribution < -0.4 is 10.1 Å². The van der Waals surface area contributed by atoms with Gasteiger partial charge in [-0.2, -0.15) is 0 Å². The van der Waals surface area contributed by atoms with Gasteiger partial charge >= 0.3 is 6.36 Å². The SMILES string of the molecule is OC(CCl)CNc1cc(F)cc(OC(F)(F)F)c1. The fourth-order valence-corrected chi connectivity index (χ4v) is 1.26. The van der Waals surface area contributed by atoms with Crippen LogP contribution in [0.4, 0.5) is 23.2 Å². The van der Waals surface area contributed by atoms with E-state index >= 15 is 0 Å². The summed E-state index contributed by atoms with van der Waals surface area (Å²) in [6, 6.07) is 2.55. The smallest absolute Gasteiger partial charge is 0.406 e. The maximum absolute atomic E-state index is 13.0. The molecule has 0 saturated carbocycles. The number of aliphatic hydroxyl groups excluding tert-OH is 1. The predicted octanol–water partition coefficient (Wildman–Crippen LogP) is 2.74. The van der Waals surface area contributed by atoms with Crippen molar-refractivity contribution in [3.8, 4) is 5.75 Å². The Morgan fingerprint density at radius 3 is 2.56 bits per heavy atom. The topological polar surface area (TPSA) is 41.5 Å². The number of rotatable bonds is 5. The molecule has 2 N–H and O–H groups in total. The molecule has 0 spiro atoms. The van der Waals surface area contributed by atoms with Crippen LogP contribution in [0.1, 0.15) is 0 Å². The lowest BCUT2D eigenvalue weighted by atomic mass is 10.2. The lowest BCUT2D eigenvalue weighted by Crippen LogP contribution is -2.21. The Morgan fingerprint density at radius 1 is 1.33 bits per heavy atom. The van der Waals surface area contributed by atoms with Crippen LogP contribution in [0.25, 0.3) is 0 Å². The van der Waals surface area contributed by atoms with E-state index in [0.29, 0.717) is 6.07 Å². The van der Waals surface area contributed by atoms with Crippen molar-refractivity contribution in [1.82, 2.24) is 0 Å². The van der Waals surface area contributed by atoms with Gasteiger partial charge in [-0.15, -0.1) is 24.8 Å². The Hall–Kier alpha value is -1.21. The van der Waals surface area contributed by atoms with Crippen molar-refractivity contribution < 1.29 is 27.4 Å². The fraction of sp³-hybridized carbons (Fsp3) is 0.400. The van der Waals surface area contributed by atoms with Crippen molar-refractivity contribution in [3.63, 3.8) is 0 Å². The highest BCUT2D eigenvalue weighted by Crippen LogP contribution is 2.26. The van der Waals surface area contributed by atoms with E-state index in [0.717, 1.165) is 12.1 Å². The van der Waals surface area contributed by atoms with Gasteiger partial charge in [0.05, 0.1) is 12.0 Å². The molecule has 1 aromatic carbocycles. The summed E-state index contributed by atoms with van der Waals surface area (Å²) in [5, 5.41) is 11.7. The summed E-state index contributed by atoms with van der Waals surface area (Å²) in [7, 11) is 0. The average Bonchev–Trinajstić information content (AvgIpc) is 2.22. The molecule has 8 heteroatoms. The third kappa shape index (κ3) is 5.42. The maximum Gasteiger partial charge on any atom is 0.573 e. The number of nitrogens with one attached hydrogen (secondary N) is 1. The summed E-state index contributed by atoms with van der Waals surface area (Å²) in [5.41, 5.74) is 0.0541. The Kier molecular flexibility index (Phi) is 5.03. The van der Waals surface area contributed by atoms with Gasteiger partial charge in [-0.25, -0.2) is 4.39 Å². The molecule has 3 nitrogen and oxygen atoms in total. The van der Waals surface area contributed by atoms with E-state index in [1.54, 1.807) is 0 Å². The molecule has 0 amide bonds. The summed E-state index contributed by atoms with van der Waals surface area (Å²) in [6.45, 7) is -0.0155. The van der Waals surface area contributed by atoms with Gasteiger partial charge in [-0.05, 0) is 6.07 Å². The van der Waals surface area contributed by atoms with Crippen LogP contribution in [0.15, 0.2) is 18.2 Å². The monoisotopic (exact) mass is 287 g/mol. The molecule has 0 aliphatic rings. The lowest BCUT2D eigenvalue weighted by molar-refractivity contribution is -0.274. The Labute approximate surface area is 105 Å². The maximum atomic E-state index is 13.0. The number of alkyl halides is 4. The number of halogens is 5. The summed E-state index contributed by atoms with van der Waals surface area (Å²) in [4.78, 5) is 0. The molecule has 1 rings (SSSR count). The first kappa shape index (κ1) is 14.8. The minimum Gasteiger partial charge on any atom is -0.406 e. The molecule has 0 heterocycles. The number of benzene rings is 1. The van der Waals surface area contributed by atoms with Crippen LogP contribution in [0.2, 0.25) is 0 Å². The van der Waals surface area contributed by atoms with Gasteiger partial charge in [0.15, 0.2) is 0 Å². The van der Waals surface area contributed by atoms with Gasteiger partial charge in [-0.1, -0.05) is 0 Å². The van der Waals surface area contributed by atoms with Crippen molar-refractivity contribution in [2.45, 2.75) is 12.5 Å². The van der Waals surface area contributed by atoms with E-state index in [1.807, 2.05) is 0 Å². The van der Waals surface area contributed by atoms with Gasteiger partial charge in [-0.3, -0.25) is 0 Å². The molecule has 18 heavy (non-hydrogen) atoms. The molecule has 0 aliphatic heterocycles. The standard InChI is InChI=1S/C10H10ClF4NO2/c11-4-8(17)5-16-7-1-6(12)2-9(3-7)18-10(13,14)15/h1-3,8,16-17H,4-5H2. The molecule has 0 bridgehead atoms.